The van der Waals surface area contributed by atoms with E-state index in [0.717, 1.165) is 25.1 Å². The minimum Gasteiger partial charge on any atom is -0.491 e. The zero-order chi connectivity index (χ0) is 20.2. The van der Waals surface area contributed by atoms with Gasteiger partial charge in [0, 0.05) is 18.2 Å². The van der Waals surface area contributed by atoms with Gasteiger partial charge in [-0.3, -0.25) is 4.79 Å². The lowest BCUT2D eigenvalue weighted by Gasteiger charge is -2.12. The molecule has 150 valence electrons. The second-order valence-corrected chi connectivity index (χ2v) is 6.98. The van der Waals surface area contributed by atoms with Crippen molar-refractivity contribution >= 4 is 11.7 Å². The number of aryl methyl sites for hydroxylation is 1. The summed E-state index contributed by atoms with van der Waals surface area (Å²) in [6, 6.07) is 14.7. The number of carbonyl (C=O) groups is 1. The van der Waals surface area contributed by atoms with E-state index in [4.69, 9.17) is 9.47 Å². The fourth-order valence-electron chi connectivity index (χ4n) is 3.22. The number of rotatable bonds is 6. The van der Waals surface area contributed by atoms with E-state index in [-0.39, 0.29) is 17.8 Å². The number of aromatic nitrogens is 2. The molecule has 1 amide bonds. The van der Waals surface area contributed by atoms with E-state index in [1.54, 1.807) is 47.1 Å². The number of carbonyl (C=O) groups excluding carboxylic acids is 1. The van der Waals surface area contributed by atoms with Crippen LogP contribution in [0.4, 0.5) is 10.2 Å². The normalized spacial score (nSPS) is 16.0. The van der Waals surface area contributed by atoms with Gasteiger partial charge in [0.05, 0.1) is 17.5 Å². The van der Waals surface area contributed by atoms with Crippen molar-refractivity contribution in [2.45, 2.75) is 25.9 Å². The summed E-state index contributed by atoms with van der Waals surface area (Å²) in [6.07, 6.45) is 2.23. The summed E-state index contributed by atoms with van der Waals surface area (Å²) < 4.78 is 26.0. The van der Waals surface area contributed by atoms with Crippen LogP contribution in [0, 0.1) is 12.7 Å². The fourth-order valence-corrected chi connectivity index (χ4v) is 3.22. The molecule has 1 atom stereocenters. The molecule has 0 spiro atoms. The molecule has 0 aliphatic carbocycles. The fraction of sp³-hybridized carbons (Fsp3) is 0.273. The number of hydrogen-bond donors (Lipinski definition) is 1. The van der Waals surface area contributed by atoms with Gasteiger partial charge in [-0.2, -0.15) is 5.10 Å². The van der Waals surface area contributed by atoms with E-state index in [0.29, 0.717) is 29.4 Å². The lowest BCUT2D eigenvalue weighted by molar-refractivity contribution is 0.0679. The maximum Gasteiger partial charge on any atom is 0.256 e. The lowest BCUT2D eigenvalue weighted by Crippen LogP contribution is -2.17. The van der Waals surface area contributed by atoms with Crippen molar-refractivity contribution in [2.24, 2.45) is 0 Å². The third kappa shape index (κ3) is 4.63. The highest BCUT2D eigenvalue weighted by Crippen LogP contribution is 2.20. The van der Waals surface area contributed by atoms with Crippen molar-refractivity contribution in [3.8, 4) is 11.4 Å². The average Bonchev–Trinajstić information content (AvgIpc) is 3.37. The Morgan fingerprint density at radius 3 is 2.69 bits per heavy atom. The summed E-state index contributed by atoms with van der Waals surface area (Å²) in [6.45, 7) is 3.14. The molecule has 0 radical (unpaired) electrons. The molecule has 2 aromatic carbocycles. The second kappa shape index (κ2) is 8.45. The van der Waals surface area contributed by atoms with Gasteiger partial charge in [0.2, 0.25) is 0 Å². The van der Waals surface area contributed by atoms with Crippen molar-refractivity contribution in [2.75, 3.05) is 18.5 Å². The predicted molar refractivity (Wildman–Crippen MR) is 107 cm³/mol. The molecular weight excluding hydrogens is 373 g/mol. The van der Waals surface area contributed by atoms with E-state index in [9.17, 15) is 9.18 Å². The minimum absolute atomic E-state index is 0.146. The van der Waals surface area contributed by atoms with E-state index >= 15 is 0 Å². The van der Waals surface area contributed by atoms with Crippen LogP contribution in [0.1, 0.15) is 28.9 Å². The molecule has 0 saturated carbocycles. The topological polar surface area (TPSA) is 65.4 Å². The Kier molecular flexibility index (Phi) is 5.57. The molecule has 1 aliphatic heterocycles. The van der Waals surface area contributed by atoms with Gasteiger partial charge in [0.15, 0.2) is 0 Å². The van der Waals surface area contributed by atoms with Gasteiger partial charge in [-0.25, -0.2) is 9.07 Å². The van der Waals surface area contributed by atoms with Crippen LogP contribution >= 0.6 is 0 Å². The third-order valence-corrected chi connectivity index (χ3v) is 4.72. The molecule has 6 nitrogen and oxygen atoms in total. The molecule has 1 saturated heterocycles. The molecule has 2 heterocycles. The Labute approximate surface area is 168 Å². The summed E-state index contributed by atoms with van der Waals surface area (Å²) in [5.74, 6) is 0.617. The molecule has 1 aromatic heterocycles. The molecule has 7 heteroatoms. The summed E-state index contributed by atoms with van der Waals surface area (Å²) in [4.78, 5) is 12.7. The summed E-state index contributed by atoms with van der Waals surface area (Å²) >= 11 is 0. The van der Waals surface area contributed by atoms with Crippen LogP contribution < -0.4 is 10.1 Å². The number of amides is 1. The molecule has 1 fully saturated rings. The molecule has 1 aliphatic rings. The number of halogens is 1. The smallest absolute Gasteiger partial charge is 0.256 e. The molecular formula is C22H22FN3O3. The second-order valence-electron chi connectivity index (χ2n) is 6.98. The predicted octanol–water partition coefficient (Wildman–Crippen LogP) is 4.13. The number of anilines is 1. The first-order chi connectivity index (χ1) is 14.1. The molecule has 29 heavy (non-hydrogen) atoms. The van der Waals surface area contributed by atoms with Crippen LogP contribution in [-0.4, -0.2) is 35.0 Å². The van der Waals surface area contributed by atoms with Crippen molar-refractivity contribution < 1.29 is 18.7 Å². The van der Waals surface area contributed by atoms with Crippen molar-refractivity contribution in [3.63, 3.8) is 0 Å². The Balaban J connectivity index is 1.43. The zero-order valence-corrected chi connectivity index (χ0v) is 16.1. The summed E-state index contributed by atoms with van der Waals surface area (Å²) in [7, 11) is 0. The number of nitrogens with zero attached hydrogens (tertiary/aromatic N) is 2. The van der Waals surface area contributed by atoms with Crippen molar-refractivity contribution in [3.05, 3.63) is 71.7 Å². The van der Waals surface area contributed by atoms with Crippen molar-refractivity contribution in [1.82, 2.24) is 9.78 Å². The summed E-state index contributed by atoms with van der Waals surface area (Å²) in [5, 5.41) is 7.25. The Bertz CT molecular complexity index is 978. The van der Waals surface area contributed by atoms with E-state index in [1.165, 1.54) is 12.1 Å². The van der Waals surface area contributed by atoms with Crippen LogP contribution in [0.25, 0.3) is 5.69 Å². The maximum atomic E-state index is 13.2. The number of nitrogens with one attached hydrogen (secondary N) is 1. The maximum absolute atomic E-state index is 13.2. The highest BCUT2D eigenvalue weighted by atomic mass is 19.1. The molecule has 3 aromatic rings. The number of hydrogen-bond acceptors (Lipinski definition) is 4. The summed E-state index contributed by atoms with van der Waals surface area (Å²) in [5.41, 5.74) is 1.90. The van der Waals surface area contributed by atoms with Gasteiger partial charge in [-0.15, -0.1) is 0 Å². The SMILES string of the molecule is Cc1cc(NC(=O)c2ccc(OCC3CCCO3)cc2)n(-c2ccc(F)cc2)n1. The largest absolute Gasteiger partial charge is 0.491 e. The van der Waals surface area contributed by atoms with Gasteiger partial charge in [0.25, 0.3) is 5.91 Å². The number of ether oxygens (including phenoxy) is 2. The highest BCUT2D eigenvalue weighted by Gasteiger charge is 2.16. The first-order valence-electron chi connectivity index (χ1n) is 9.57. The van der Waals surface area contributed by atoms with Crippen LogP contribution in [0.15, 0.2) is 54.6 Å². The van der Waals surface area contributed by atoms with Gasteiger partial charge in [-0.1, -0.05) is 0 Å². The molecule has 0 bridgehead atoms. The number of benzene rings is 2. The van der Waals surface area contributed by atoms with Crippen LogP contribution in [0.3, 0.4) is 0 Å². The van der Waals surface area contributed by atoms with Gasteiger partial charge < -0.3 is 14.8 Å². The quantitative estimate of drug-likeness (QED) is 0.682. The Morgan fingerprint density at radius 2 is 2.00 bits per heavy atom. The van der Waals surface area contributed by atoms with Crippen LogP contribution in [0.2, 0.25) is 0 Å². The standard InChI is InChI=1S/C22H22FN3O3/c1-15-13-21(26(25-15)18-8-6-17(23)7-9-18)24-22(27)16-4-10-19(11-5-16)29-14-20-3-2-12-28-20/h4-11,13,20H,2-3,12,14H2,1H3,(H,24,27). The van der Waals surface area contributed by atoms with E-state index in [2.05, 4.69) is 10.4 Å². The lowest BCUT2D eigenvalue weighted by atomic mass is 10.2. The van der Waals surface area contributed by atoms with Crippen LogP contribution in [-0.2, 0) is 4.74 Å². The Morgan fingerprint density at radius 1 is 1.24 bits per heavy atom. The van der Waals surface area contributed by atoms with Crippen molar-refractivity contribution in [1.29, 1.82) is 0 Å². The van der Waals surface area contributed by atoms with Gasteiger partial charge >= 0.3 is 0 Å². The van der Waals surface area contributed by atoms with Gasteiger partial charge in [0.1, 0.15) is 24.0 Å². The zero-order valence-electron chi connectivity index (χ0n) is 16.1. The van der Waals surface area contributed by atoms with Crippen LogP contribution in [0.5, 0.6) is 5.75 Å². The molecule has 1 unspecified atom stereocenters. The minimum atomic E-state index is -0.329. The molecule has 1 N–H and O–H groups in total. The highest BCUT2D eigenvalue weighted by molar-refractivity contribution is 6.04. The average molecular weight is 395 g/mol. The Hall–Kier alpha value is -3.19. The first-order valence-corrected chi connectivity index (χ1v) is 9.57. The van der Waals surface area contributed by atoms with Gasteiger partial charge in [-0.05, 0) is 68.3 Å². The molecule has 4 rings (SSSR count). The first kappa shape index (κ1) is 19.1. The van der Waals surface area contributed by atoms with E-state index < -0.39 is 0 Å². The van der Waals surface area contributed by atoms with E-state index in [1.807, 2.05) is 6.92 Å². The third-order valence-electron chi connectivity index (χ3n) is 4.72. The monoisotopic (exact) mass is 395 g/mol.